The number of aliphatic hydroxyl groups excluding tert-OH is 1. The predicted octanol–water partition coefficient (Wildman–Crippen LogP) is 0.849. The van der Waals surface area contributed by atoms with Crippen molar-refractivity contribution in [3.8, 4) is 11.3 Å². The monoisotopic (exact) mass is 247 g/mol. The Kier molecular flexibility index (Phi) is 4.03. The lowest BCUT2D eigenvalue weighted by molar-refractivity contribution is 0.0942. The fraction of sp³-hybridized carbons (Fsp3) is 0.250. The van der Waals surface area contributed by atoms with Crippen LogP contribution < -0.4 is 5.32 Å². The molecule has 0 atom stereocenters. The molecule has 6 heteroatoms. The van der Waals surface area contributed by atoms with E-state index in [0.717, 1.165) is 5.56 Å². The maximum absolute atomic E-state index is 11.6. The van der Waals surface area contributed by atoms with Crippen LogP contribution >= 0.6 is 0 Å². The van der Waals surface area contributed by atoms with Crippen LogP contribution in [0.3, 0.4) is 0 Å². The van der Waals surface area contributed by atoms with Crippen molar-refractivity contribution in [2.24, 2.45) is 0 Å². The molecule has 2 N–H and O–H groups in total. The number of aromatic nitrogens is 2. The van der Waals surface area contributed by atoms with Gasteiger partial charge in [0.05, 0.1) is 0 Å². The summed E-state index contributed by atoms with van der Waals surface area (Å²) in [5, 5.41) is 14.9. The van der Waals surface area contributed by atoms with Gasteiger partial charge in [-0.1, -0.05) is 5.16 Å². The number of aliphatic hydroxyl groups is 1. The quantitative estimate of drug-likeness (QED) is 0.765. The highest BCUT2D eigenvalue weighted by Gasteiger charge is 2.12. The van der Waals surface area contributed by atoms with E-state index in [1.165, 1.54) is 0 Å². The molecular formula is C12H13N3O3. The molecule has 6 nitrogen and oxygen atoms in total. The Balaban J connectivity index is 2.04. The Morgan fingerprint density at radius 1 is 1.39 bits per heavy atom. The maximum Gasteiger partial charge on any atom is 0.273 e. The van der Waals surface area contributed by atoms with Gasteiger partial charge in [-0.15, -0.1) is 0 Å². The standard InChI is InChI=1S/C12H13N3O3/c16-7-1-4-14-12(17)10-8-11(18-15-10)9-2-5-13-6-3-9/h2-3,5-6,8,16H,1,4,7H2,(H,14,17). The zero-order valence-electron chi connectivity index (χ0n) is 9.67. The zero-order valence-corrected chi connectivity index (χ0v) is 9.67. The number of nitrogens with zero attached hydrogens (tertiary/aromatic N) is 2. The van der Waals surface area contributed by atoms with Crippen LogP contribution in [0.5, 0.6) is 0 Å². The highest BCUT2D eigenvalue weighted by molar-refractivity contribution is 5.93. The third kappa shape index (κ3) is 2.92. The van der Waals surface area contributed by atoms with Crippen LogP contribution in [0.1, 0.15) is 16.9 Å². The molecule has 2 heterocycles. The van der Waals surface area contributed by atoms with E-state index in [-0.39, 0.29) is 18.2 Å². The number of carbonyl (C=O) groups is 1. The van der Waals surface area contributed by atoms with E-state index >= 15 is 0 Å². The van der Waals surface area contributed by atoms with Gasteiger partial charge in [0.15, 0.2) is 11.5 Å². The van der Waals surface area contributed by atoms with Crippen molar-refractivity contribution in [3.63, 3.8) is 0 Å². The first-order valence-corrected chi connectivity index (χ1v) is 5.57. The average molecular weight is 247 g/mol. The summed E-state index contributed by atoms with van der Waals surface area (Å²) in [6.45, 7) is 0.453. The Labute approximate surface area is 104 Å². The van der Waals surface area contributed by atoms with Gasteiger partial charge in [-0.25, -0.2) is 0 Å². The lowest BCUT2D eigenvalue weighted by Gasteiger charge is -1.99. The van der Waals surface area contributed by atoms with Gasteiger partial charge in [-0.05, 0) is 18.6 Å². The lowest BCUT2D eigenvalue weighted by atomic mass is 10.2. The molecule has 0 saturated carbocycles. The summed E-state index contributed by atoms with van der Waals surface area (Å²) in [7, 11) is 0. The van der Waals surface area contributed by atoms with Crippen molar-refractivity contribution in [1.82, 2.24) is 15.5 Å². The molecule has 0 saturated heterocycles. The molecule has 2 aromatic heterocycles. The second kappa shape index (κ2) is 5.92. The van der Waals surface area contributed by atoms with Crippen molar-refractivity contribution >= 4 is 5.91 Å². The van der Waals surface area contributed by atoms with Crippen LogP contribution in [0.15, 0.2) is 35.1 Å². The van der Waals surface area contributed by atoms with Crippen molar-refractivity contribution in [1.29, 1.82) is 0 Å². The van der Waals surface area contributed by atoms with Crippen LogP contribution in [-0.4, -0.2) is 34.3 Å². The van der Waals surface area contributed by atoms with Crippen molar-refractivity contribution in [2.45, 2.75) is 6.42 Å². The van der Waals surface area contributed by atoms with Gasteiger partial charge in [-0.3, -0.25) is 9.78 Å². The van der Waals surface area contributed by atoms with Gasteiger partial charge < -0.3 is 14.9 Å². The van der Waals surface area contributed by atoms with E-state index in [4.69, 9.17) is 9.63 Å². The molecule has 0 bridgehead atoms. The first kappa shape index (κ1) is 12.3. The minimum atomic E-state index is -0.312. The number of rotatable bonds is 5. The maximum atomic E-state index is 11.6. The minimum Gasteiger partial charge on any atom is -0.396 e. The van der Waals surface area contributed by atoms with E-state index in [0.29, 0.717) is 18.7 Å². The van der Waals surface area contributed by atoms with E-state index in [1.54, 1.807) is 30.6 Å². The second-order valence-corrected chi connectivity index (χ2v) is 3.65. The lowest BCUT2D eigenvalue weighted by Crippen LogP contribution is -2.25. The normalized spacial score (nSPS) is 10.3. The smallest absolute Gasteiger partial charge is 0.273 e. The number of nitrogens with one attached hydrogen (secondary N) is 1. The summed E-state index contributed by atoms with van der Waals surface area (Å²) < 4.78 is 5.09. The molecule has 0 unspecified atom stereocenters. The number of pyridine rings is 1. The van der Waals surface area contributed by atoms with Gasteiger partial charge in [0, 0.05) is 37.2 Å². The van der Waals surface area contributed by atoms with E-state index < -0.39 is 0 Å². The van der Waals surface area contributed by atoms with Crippen LogP contribution in [0, 0.1) is 0 Å². The fourth-order valence-corrected chi connectivity index (χ4v) is 1.41. The molecule has 2 rings (SSSR count). The molecule has 1 amide bonds. The molecule has 0 aliphatic heterocycles. The fourth-order valence-electron chi connectivity index (χ4n) is 1.41. The molecule has 94 valence electrons. The number of hydrogen-bond acceptors (Lipinski definition) is 5. The van der Waals surface area contributed by atoms with Crippen molar-refractivity contribution in [2.75, 3.05) is 13.2 Å². The number of amides is 1. The van der Waals surface area contributed by atoms with Gasteiger partial charge >= 0.3 is 0 Å². The Morgan fingerprint density at radius 3 is 2.89 bits per heavy atom. The largest absolute Gasteiger partial charge is 0.396 e. The van der Waals surface area contributed by atoms with Crippen LogP contribution in [0.25, 0.3) is 11.3 Å². The summed E-state index contributed by atoms with van der Waals surface area (Å²) >= 11 is 0. The predicted molar refractivity (Wildman–Crippen MR) is 63.8 cm³/mol. The molecule has 0 aliphatic carbocycles. The third-order valence-corrected chi connectivity index (χ3v) is 2.33. The minimum absolute atomic E-state index is 0.0430. The molecule has 0 spiro atoms. The van der Waals surface area contributed by atoms with Crippen LogP contribution in [0.2, 0.25) is 0 Å². The first-order valence-electron chi connectivity index (χ1n) is 5.57. The number of hydrogen-bond donors (Lipinski definition) is 2. The third-order valence-electron chi connectivity index (χ3n) is 2.33. The molecule has 2 aromatic rings. The molecule has 0 aromatic carbocycles. The number of carbonyl (C=O) groups excluding carboxylic acids is 1. The summed E-state index contributed by atoms with van der Waals surface area (Å²) in [5.41, 5.74) is 1.03. The van der Waals surface area contributed by atoms with Crippen molar-refractivity contribution < 1.29 is 14.4 Å². The molecular weight excluding hydrogens is 234 g/mol. The summed E-state index contributed by atoms with van der Waals surface area (Å²) in [5.74, 6) is 0.206. The highest BCUT2D eigenvalue weighted by atomic mass is 16.5. The average Bonchev–Trinajstić information content (AvgIpc) is 2.89. The molecule has 0 radical (unpaired) electrons. The van der Waals surface area contributed by atoms with Crippen molar-refractivity contribution in [3.05, 3.63) is 36.3 Å². The Morgan fingerprint density at radius 2 is 2.17 bits per heavy atom. The SMILES string of the molecule is O=C(NCCCO)c1cc(-c2ccncc2)on1. The highest BCUT2D eigenvalue weighted by Crippen LogP contribution is 2.18. The van der Waals surface area contributed by atoms with Gasteiger partial charge in [0.1, 0.15) is 0 Å². The van der Waals surface area contributed by atoms with E-state index in [1.807, 2.05) is 0 Å². The van der Waals surface area contributed by atoms with Gasteiger partial charge in [0.25, 0.3) is 5.91 Å². The molecule has 0 aliphatic rings. The Hall–Kier alpha value is -2.21. The van der Waals surface area contributed by atoms with Crippen LogP contribution in [0.4, 0.5) is 0 Å². The summed E-state index contributed by atoms with van der Waals surface area (Å²) in [4.78, 5) is 15.5. The first-order chi connectivity index (χ1) is 8.81. The molecule has 18 heavy (non-hydrogen) atoms. The summed E-state index contributed by atoms with van der Waals surface area (Å²) in [6.07, 6.45) is 3.79. The topological polar surface area (TPSA) is 88.2 Å². The van der Waals surface area contributed by atoms with E-state index in [9.17, 15) is 4.79 Å². The van der Waals surface area contributed by atoms with Gasteiger partial charge in [0.2, 0.25) is 0 Å². The second-order valence-electron chi connectivity index (χ2n) is 3.65. The van der Waals surface area contributed by atoms with Crippen LogP contribution in [-0.2, 0) is 0 Å². The summed E-state index contributed by atoms with van der Waals surface area (Å²) in [6, 6.07) is 5.12. The van der Waals surface area contributed by atoms with E-state index in [2.05, 4.69) is 15.5 Å². The zero-order chi connectivity index (χ0) is 12.8. The van der Waals surface area contributed by atoms with Gasteiger partial charge in [-0.2, -0.15) is 0 Å². The Bertz CT molecular complexity index is 510. The molecule has 0 fully saturated rings.